The first-order chi connectivity index (χ1) is 16.5. The third-order valence-electron chi connectivity index (χ3n) is 4.57. The molecule has 7 nitrogen and oxygen atoms in total. The molecule has 1 aromatic carbocycles. The number of carbonyl (C=O) groups excluding carboxylic acids is 3. The minimum Gasteiger partial charge on any atom is -0.365 e. The molecule has 0 aliphatic heterocycles. The largest absolute Gasteiger partial charge is 0.404 e. The summed E-state index contributed by atoms with van der Waals surface area (Å²) in [7, 11) is -5.06. The Balaban J connectivity index is 2.22. The Kier molecular flexibility index (Phi) is 11.8. The number of rotatable bonds is 15. The van der Waals surface area contributed by atoms with E-state index in [1.165, 1.54) is 12.1 Å². The van der Waals surface area contributed by atoms with Crippen molar-refractivity contribution >= 4 is 68.7 Å². The van der Waals surface area contributed by atoms with Crippen LogP contribution in [-0.4, -0.2) is 40.9 Å². The third-order valence-corrected chi connectivity index (χ3v) is 9.49. The van der Waals surface area contributed by atoms with Crippen LogP contribution in [0.15, 0.2) is 24.3 Å². The van der Waals surface area contributed by atoms with Gasteiger partial charge in [-0.3, -0.25) is 18.9 Å². The van der Waals surface area contributed by atoms with Crippen LogP contribution in [-0.2, 0) is 28.9 Å². The molecular weight excluding hydrogens is 539 g/mol. The van der Waals surface area contributed by atoms with Crippen molar-refractivity contribution < 1.29 is 36.8 Å². The second-order valence-corrected chi connectivity index (χ2v) is 12.8. The average molecular weight is 568 g/mol. The fourth-order valence-electron chi connectivity index (χ4n) is 2.89. The molecule has 2 aromatic rings. The van der Waals surface area contributed by atoms with E-state index in [9.17, 15) is 18.9 Å². The molecule has 0 saturated heterocycles. The number of hydrogen-bond acceptors (Lipinski definition) is 9. The predicted molar refractivity (Wildman–Crippen MR) is 138 cm³/mol. The minimum absolute atomic E-state index is 0.0392. The monoisotopic (exact) mass is 567 g/mol. The van der Waals surface area contributed by atoms with Crippen molar-refractivity contribution in [2.24, 2.45) is 5.73 Å². The fourth-order valence-corrected chi connectivity index (χ4v) is 7.03. The number of fused-ring (bicyclic) bond motifs is 1. The van der Waals surface area contributed by atoms with Crippen LogP contribution in [0.5, 0.6) is 0 Å². The molecule has 0 atom stereocenters. The summed E-state index contributed by atoms with van der Waals surface area (Å²) in [5.41, 5.74) is 0.647. The molecule has 2 N–H and O–H groups in total. The highest BCUT2D eigenvalue weighted by molar-refractivity contribution is 8.13. The second kappa shape index (κ2) is 13.9. The lowest BCUT2D eigenvalue weighted by Crippen LogP contribution is -2.20. The Bertz CT molecular complexity index is 1060. The Labute approximate surface area is 215 Å². The van der Waals surface area contributed by atoms with Crippen LogP contribution in [0.2, 0.25) is 0 Å². The summed E-state index contributed by atoms with van der Waals surface area (Å²) in [5, 5.41) is 0.115. The van der Waals surface area contributed by atoms with Gasteiger partial charge in [-0.1, -0.05) is 43.4 Å². The molecule has 35 heavy (non-hydrogen) atoms. The summed E-state index contributed by atoms with van der Waals surface area (Å²) in [5.74, 6) is -0.600. The number of halogens is 2. The predicted octanol–water partition coefficient (Wildman–Crippen LogP) is 6.40. The third kappa shape index (κ3) is 8.36. The Hall–Kier alpha value is -1.30. The molecular formula is C22H28F2NO6PS3. The van der Waals surface area contributed by atoms with Crippen molar-refractivity contribution in [3.05, 3.63) is 34.7 Å². The summed E-state index contributed by atoms with van der Waals surface area (Å²) in [4.78, 5) is 35.0. The van der Waals surface area contributed by atoms with Gasteiger partial charge < -0.3 is 14.8 Å². The number of hydrogen-bond donors (Lipinski definition) is 1. The van der Waals surface area contributed by atoms with Gasteiger partial charge >= 0.3 is 13.3 Å². The molecule has 0 saturated carbocycles. The van der Waals surface area contributed by atoms with Gasteiger partial charge in [0.05, 0.1) is 18.1 Å². The van der Waals surface area contributed by atoms with E-state index >= 15 is 8.78 Å². The second-order valence-electron chi connectivity index (χ2n) is 7.37. The van der Waals surface area contributed by atoms with E-state index in [1.54, 1.807) is 0 Å². The normalized spacial score (nSPS) is 12.2. The maximum atomic E-state index is 15.6. The Morgan fingerprint density at radius 2 is 1.54 bits per heavy atom. The van der Waals surface area contributed by atoms with Crippen LogP contribution < -0.4 is 5.73 Å². The number of thioether (sulfide) groups is 2. The van der Waals surface area contributed by atoms with Crippen LogP contribution in [0.25, 0.3) is 10.1 Å². The van der Waals surface area contributed by atoms with Crippen LogP contribution in [0.3, 0.4) is 0 Å². The van der Waals surface area contributed by atoms with Gasteiger partial charge in [0.15, 0.2) is 10.2 Å². The molecule has 1 amide bonds. The number of benzene rings is 1. The Morgan fingerprint density at radius 1 is 1.00 bits per heavy atom. The van der Waals surface area contributed by atoms with E-state index in [2.05, 4.69) is 0 Å². The molecule has 0 radical (unpaired) electrons. The smallest absolute Gasteiger partial charge is 0.365 e. The number of thiophene rings is 1. The number of alkyl halides is 2. The van der Waals surface area contributed by atoms with Crippen LogP contribution in [0, 0.1) is 0 Å². The zero-order valence-corrected chi connectivity index (χ0v) is 22.8. The molecule has 194 valence electrons. The summed E-state index contributed by atoms with van der Waals surface area (Å²) < 4.78 is 55.3. The zero-order valence-electron chi connectivity index (χ0n) is 19.4. The van der Waals surface area contributed by atoms with E-state index in [4.69, 9.17) is 14.8 Å². The van der Waals surface area contributed by atoms with Crippen LogP contribution in [0.1, 0.15) is 54.8 Å². The van der Waals surface area contributed by atoms with Crippen molar-refractivity contribution in [3.63, 3.8) is 0 Å². The van der Waals surface area contributed by atoms with Gasteiger partial charge in [0.1, 0.15) is 0 Å². The van der Waals surface area contributed by atoms with Crippen molar-refractivity contribution in [2.45, 2.75) is 45.2 Å². The van der Waals surface area contributed by atoms with Crippen LogP contribution >= 0.6 is 42.5 Å². The van der Waals surface area contributed by atoms with Gasteiger partial charge in [0.25, 0.3) is 5.91 Å². The SMILES string of the molecule is CCCC(=O)SCCOP(=O)(OCCSC(=O)CCC)C(F)(F)c1ccc2sc(C(N)=O)cc2c1. The summed E-state index contributed by atoms with van der Waals surface area (Å²) >= 11 is 2.89. The number of amides is 1. The lowest BCUT2D eigenvalue weighted by Gasteiger charge is -2.26. The van der Waals surface area contributed by atoms with Crippen molar-refractivity contribution in [1.29, 1.82) is 0 Å². The van der Waals surface area contributed by atoms with Gasteiger partial charge in [-0.15, -0.1) is 11.3 Å². The van der Waals surface area contributed by atoms with Crippen LogP contribution in [0.4, 0.5) is 8.78 Å². The topological polar surface area (TPSA) is 113 Å². The molecule has 0 unspecified atom stereocenters. The highest BCUT2D eigenvalue weighted by atomic mass is 32.2. The molecule has 13 heteroatoms. The maximum Gasteiger partial charge on any atom is 0.404 e. The van der Waals surface area contributed by atoms with Crippen molar-refractivity contribution in [1.82, 2.24) is 0 Å². The minimum atomic E-state index is -5.06. The molecule has 0 aliphatic carbocycles. The summed E-state index contributed by atoms with van der Waals surface area (Å²) in [6.07, 6.45) is 1.99. The quantitative estimate of drug-likeness (QED) is 0.194. The van der Waals surface area contributed by atoms with E-state index in [0.29, 0.717) is 35.8 Å². The average Bonchev–Trinajstić information content (AvgIpc) is 3.24. The lowest BCUT2D eigenvalue weighted by molar-refractivity contribution is -0.111. The van der Waals surface area contributed by atoms with Gasteiger partial charge in [-0.2, -0.15) is 8.78 Å². The lowest BCUT2D eigenvalue weighted by atomic mass is 10.1. The highest BCUT2D eigenvalue weighted by Crippen LogP contribution is 2.67. The molecule has 0 aliphatic rings. The molecule has 0 fully saturated rings. The molecule has 2 rings (SSSR count). The van der Waals surface area contributed by atoms with E-state index in [1.807, 2.05) is 13.8 Å². The van der Waals surface area contributed by atoms with Gasteiger partial charge in [0.2, 0.25) is 0 Å². The molecule has 0 bridgehead atoms. The van der Waals surface area contributed by atoms with Gasteiger partial charge in [0, 0.05) is 34.6 Å². The fraction of sp³-hybridized carbons (Fsp3) is 0.500. The molecule has 0 spiro atoms. The van der Waals surface area contributed by atoms with Crippen molar-refractivity contribution in [3.8, 4) is 0 Å². The first kappa shape index (κ1) is 29.9. The van der Waals surface area contributed by atoms with E-state index in [0.717, 1.165) is 47.0 Å². The Morgan fingerprint density at radius 3 is 2.03 bits per heavy atom. The molecule has 1 heterocycles. The van der Waals surface area contributed by atoms with Gasteiger partial charge in [-0.05, 0) is 36.4 Å². The summed E-state index contributed by atoms with van der Waals surface area (Å²) in [6.45, 7) is 2.91. The summed E-state index contributed by atoms with van der Waals surface area (Å²) in [6, 6.07) is 5.00. The van der Waals surface area contributed by atoms with Gasteiger partial charge in [-0.25, -0.2) is 0 Å². The van der Waals surface area contributed by atoms with E-state index < -0.39 is 24.7 Å². The highest BCUT2D eigenvalue weighted by Gasteiger charge is 2.55. The number of nitrogens with two attached hydrogens (primary N) is 1. The zero-order chi connectivity index (χ0) is 26.1. The van der Waals surface area contributed by atoms with E-state index in [-0.39, 0.29) is 39.8 Å². The standard InChI is InChI=1S/C22H28F2NO6PS3/c1-3-5-19(26)33-11-9-30-32(29,31-10-12-34-20(27)6-4-2)22(23,24)16-7-8-17-15(13-16)14-18(35-17)21(25)28/h7-8,13-14H,3-6,9-12H2,1-2H3,(H2,25,28). The maximum absolute atomic E-state index is 15.6. The first-order valence-corrected chi connectivity index (χ1v) is 15.3. The molecule has 1 aromatic heterocycles. The number of carbonyl (C=O) groups is 3. The van der Waals surface area contributed by atoms with Crippen molar-refractivity contribution in [2.75, 3.05) is 24.7 Å². The number of primary amides is 1. The first-order valence-electron chi connectivity index (χ1n) is 11.0.